The Bertz CT molecular complexity index is 941. The first-order chi connectivity index (χ1) is 12.4. The molecule has 1 N–H and O–H groups in total. The van der Waals surface area contributed by atoms with Gasteiger partial charge in [0.1, 0.15) is 23.5 Å². The van der Waals surface area contributed by atoms with Crippen molar-refractivity contribution in [3.05, 3.63) is 71.1 Å². The lowest BCUT2D eigenvalue weighted by atomic mass is 10.0. The SMILES string of the molecule is Cc1ccc(NC(=O)[C@H](Cc2cccc(F)c2)n2nnnc2C)cc1F. The standard InChI is InChI=1S/C18H17F2N5O/c1-11-6-7-15(10-16(11)20)21-18(26)17(25-12(2)22-23-24-25)9-13-4-3-5-14(19)8-13/h3-8,10,17H,9H2,1-2H3,(H,21,26)/t17-/m0/s1. The number of tetrazole rings is 1. The molecule has 0 saturated carbocycles. The van der Waals surface area contributed by atoms with Crippen LogP contribution in [0.4, 0.5) is 14.5 Å². The number of halogens is 2. The summed E-state index contributed by atoms with van der Waals surface area (Å²) < 4.78 is 28.6. The second-order valence-corrected chi connectivity index (χ2v) is 5.97. The quantitative estimate of drug-likeness (QED) is 0.762. The third kappa shape index (κ3) is 3.90. The molecule has 26 heavy (non-hydrogen) atoms. The van der Waals surface area contributed by atoms with Crippen LogP contribution in [0.25, 0.3) is 0 Å². The van der Waals surface area contributed by atoms with E-state index >= 15 is 0 Å². The number of amides is 1. The van der Waals surface area contributed by atoms with Crippen LogP contribution in [0.3, 0.4) is 0 Å². The largest absolute Gasteiger partial charge is 0.324 e. The van der Waals surface area contributed by atoms with Crippen LogP contribution in [0.5, 0.6) is 0 Å². The van der Waals surface area contributed by atoms with E-state index in [-0.39, 0.29) is 6.42 Å². The number of benzene rings is 2. The first-order valence-electron chi connectivity index (χ1n) is 8.00. The molecular formula is C18H17F2N5O. The minimum absolute atomic E-state index is 0.184. The van der Waals surface area contributed by atoms with Crippen molar-refractivity contribution in [3.8, 4) is 0 Å². The molecule has 1 aromatic heterocycles. The lowest BCUT2D eigenvalue weighted by Gasteiger charge is -2.18. The number of nitrogens with zero attached hydrogens (tertiary/aromatic N) is 4. The molecule has 8 heteroatoms. The van der Waals surface area contributed by atoms with E-state index in [9.17, 15) is 13.6 Å². The Kier molecular flexibility index (Phi) is 5.01. The van der Waals surface area contributed by atoms with Gasteiger partial charge < -0.3 is 5.32 Å². The summed E-state index contributed by atoms with van der Waals surface area (Å²) in [6.07, 6.45) is 0.184. The van der Waals surface area contributed by atoms with Crippen LogP contribution in [0.2, 0.25) is 0 Å². The fraction of sp³-hybridized carbons (Fsp3) is 0.222. The Morgan fingerprint density at radius 1 is 1.19 bits per heavy atom. The maximum Gasteiger partial charge on any atom is 0.249 e. The predicted octanol–water partition coefficient (Wildman–Crippen LogP) is 2.99. The van der Waals surface area contributed by atoms with Crippen molar-refractivity contribution in [2.24, 2.45) is 0 Å². The van der Waals surface area contributed by atoms with Crippen LogP contribution in [0.1, 0.15) is 23.0 Å². The monoisotopic (exact) mass is 357 g/mol. The third-order valence-electron chi connectivity index (χ3n) is 4.01. The Morgan fingerprint density at radius 3 is 2.65 bits per heavy atom. The van der Waals surface area contributed by atoms with Crippen LogP contribution in [-0.2, 0) is 11.2 Å². The molecule has 1 heterocycles. The van der Waals surface area contributed by atoms with Crippen molar-refractivity contribution in [1.29, 1.82) is 0 Å². The van der Waals surface area contributed by atoms with E-state index in [1.807, 2.05) is 0 Å². The van der Waals surface area contributed by atoms with Crippen molar-refractivity contribution in [2.45, 2.75) is 26.3 Å². The average Bonchev–Trinajstić information content (AvgIpc) is 3.02. The predicted molar refractivity (Wildman–Crippen MR) is 91.5 cm³/mol. The van der Waals surface area contributed by atoms with Crippen LogP contribution in [0, 0.1) is 25.5 Å². The first kappa shape index (κ1) is 17.7. The number of aromatic nitrogens is 4. The minimum atomic E-state index is -0.809. The smallest absolute Gasteiger partial charge is 0.249 e. The first-order valence-corrected chi connectivity index (χ1v) is 8.00. The molecule has 0 bridgehead atoms. The van der Waals surface area contributed by atoms with Gasteiger partial charge in [-0.1, -0.05) is 18.2 Å². The molecule has 3 aromatic rings. The summed E-state index contributed by atoms with van der Waals surface area (Å²) in [7, 11) is 0. The maximum atomic E-state index is 13.7. The van der Waals surface area contributed by atoms with Gasteiger partial charge in [0.2, 0.25) is 5.91 Å². The Labute approximate surface area is 148 Å². The number of nitrogens with one attached hydrogen (secondary N) is 1. The summed E-state index contributed by atoms with van der Waals surface area (Å²) in [4.78, 5) is 12.8. The highest BCUT2D eigenvalue weighted by Gasteiger charge is 2.24. The normalized spacial score (nSPS) is 12.0. The molecular weight excluding hydrogens is 340 g/mol. The molecule has 3 rings (SSSR count). The van der Waals surface area contributed by atoms with Gasteiger partial charge in [0.15, 0.2) is 0 Å². The molecule has 6 nitrogen and oxygen atoms in total. The molecule has 0 spiro atoms. The van der Waals surface area contributed by atoms with E-state index in [1.165, 1.54) is 22.9 Å². The van der Waals surface area contributed by atoms with Gasteiger partial charge >= 0.3 is 0 Å². The Hall–Kier alpha value is -3.16. The maximum absolute atomic E-state index is 13.7. The molecule has 0 aliphatic carbocycles. The third-order valence-corrected chi connectivity index (χ3v) is 4.01. The summed E-state index contributed by atoms with van der Waals surface area (Å²) in [5, 5.41) is 13.9. The van der Waals surface area contributed by atoms with Crippen LogP contribution >= 0.6 is 0 Å². The molecule has 0 aliphatic rings. The van der Waals surface area contributed by atoms with Crippen molar-refractivity contribution in [2.75, 3.05) is 5.32 Å². The number of anilines is 1. The number of aryl methyl sites for hydroxylation is 2. The molecule has 1 amide bonds. The number of rotatable bonds is 5. The zero-order chi connectivity index (χ0) is 18.7. The van der Waals surface area contributed by atoms with E-state index in [2.05, 4.69) is 20.8 Å². The van der Waals surface area contributed by atoms with Gasteiger partial charge in [0, 0.05) is 12.1 Å². The Balaban J connectivity index is 1.88. The highest BCUT2D eigenvalue weighted by Crippen LogP contribution is 2.20. The van der Waals surface area contributed by atoms with Gasteiger partial charge in [0.05, 0.1) is 0 Å². The summed E-state index contributed by atoms with van der Waals surface area (Å²) in [6, 6.07) is 9.60. The topological polar surface area (TPSA) is 72.7 Å². The summed E-state index contributed by atoms with van der Waals surface area (Å²) >= 11 is 0. The van der Waals surface area contributed by atoms with Gasteiger partial charge in [-0.05, 0) is 59.7 Å². The molecule has 0 aliphatic heterocycles. The molecule has 2 aromatic carbocycles. The lowest BCUT2D eigenvalue weighted by molar-refractivity contribution is -0.119. The summed E-state index contributed by atoms with van der Waals surface area (Å²) in [5.41, 5.74) is 1.43. The van der Waals surface area contributed by atoms with Gasteiger partial charge in [-0.3, -0.25) is 4.79 Å². The molecule has 0 fully saturated rings. The fourth-order valence-electron chi connectivity index (χ4n) is 2.60. The van der Waals surface area contributed by atoms with Gasteiger partial charge in [0.25, 0.3) is 0 Å². The molecule has 134 valence electrons. The second-order valence-electron chi connectivity index (χ2n) is 5.97. The van der Waals surface area contributed by atoms with Crippen molar-refractivity contribution < 1.29 is 13.6 Å². The van der Waals surface area contributed by atoms with Crippen LogP contribution < -0.4 is 5.32 Å². The average molecular weight is 357 g/mol. The number of carbonyl (C=O) groups is 1. The lowest BCUT2D eigenvalue weighted by Crippen LogP contribution is -2.29. The molecule has 0 unspecified atom stereocenters. The molecule has 1 atom stereocenters. The number of hydrogen-bond acceptors (Lipinski definition) is 4. The number of hydrogen-bond donors (Lipinski definition) is 1. The Morgan fingerprint density at radius 2 is 2.00 bits per heavy atom. The highest BCUT2D eigenvalue weighted by molar-refractivity contribution is 5.93. The fourth-order valence-corrected chi connectivity index (χ4v) is 2.60. The van der Waals surface area contributed by atoms with Crippen molar-refractivity contribution in [3.63, 3.8) is 0 Å². The van der Waals surface area contributed by atoms with Crippen molar-refractivity contribution in [1.82, 2.24) is 20.2 Å². The second kappa shape index (κ2) is 7.38. The number of carbonyl (C=O) groups excluding carboxylic acids is 1. The highest BCUT2D eigenvalue weighted by atomic mass is 19.1. The summed E-state index contributed by atoms with van der Waals surface area (Å²) in [5.74, 6) is -0.789. The van der Waals surface area contributed by atoms with Gasteiger partial charge in [-0.15, -0.1) is 5.10 Å². The van der Waals surface area contributed by atoms with E-state index < -0.39 is 23.6 Å². The van der Waals surface area contributed by atoms with Gasteiger partial charge in [-0.2, -0.15) is 0 Å². The zero-order valence-electron chi connectivity index (χ0n) is 14.3. The van der Waals surface area contributed by atoms with Crippen molar-refractivity contribution >= 4 is 11.6 Å². The molecule has 0 saturated heterocycles. The van der Waals surface area contributed by atoms with Crippen LogP contribution in [0.15, 0.2) is 42.5 Å². The van der Waals surface area contributed by atoms with Crippen LogP contribution in [-0.4, -0.2) is 26.1 Å². The van der Waals surface area contributed by atoms with E-state index in [0.29, 0.717) is 22.6 Å². The molecule has 0 radical (unpaired) electrons. The van der Waals surface area contributed by atoms with E-state index in [1.54, 1.807) is 38.1 Å². The zero-order valence-corrected chi connectivity index (χ0v) is 14.3. The van der Waals surface area contributed by atoms with E-state index in [4.69, 9.17) is 0 Å². The van der Waals surface area contributed by atoms with E-state index in [0.717, 1.165) is 0 Å². The van der Waals surface area contributed by atoms with Gasteiger partial charge in [-0.25, -0.2) is 13.5 Å². The summed E-state index contributed by atoms with van der Waals surface area (Å²) in [6.45, 7) is 3.30. The minimum Gasteiger partial charge on any atom is -0.324 e.